The Morgan fingerprint density at radius 1 is 1.36 bits per heavy atom. The summed E-state index contributed by atoms with van der Waals surface area (Å²) in [6.45, 7) is 0. The largest absolute Gasteiger partial charge is 0.396 e. The predicted molar refractivity (Wildman–Crippen MR) is 50.8 cm³/mol. The van der Waals surface area contributed by atoms with Gasteiger partial charge in [-0.1, -0.05) is 0 Å². The fourth-order valence-corrected chi connectivity index (χ4v) is 1.28. The van der Waals surface area contributed by atoms with Gasteiger partial charge < -0.3 is 5.73 Å². The van der Waals surface area contributed by atoms with Gasteiger partial charge in [0.1, 0.15) is 11.5 Å². The van der Waals surface area contributed by atoms with Gasteiger partial charge >= 0.3 is 0 Å². The average Bonchev–Trinajstić information content (AvgIpc) is 2.49. The lowest BCUT2D eigenvalue weighted by atomic mass is 10.2. The van der Waals surface area contributed by atoms with Crippen LogP contribution in [0.5, 0.6) is 0 Å². The maximum Gasteiger partial charge on any atom is 0.141 e. The van der Waals surface area contributed by atoms with Crippen LogP contribution in [0.15, 0.2) is 24.5 Å². The molecule has 0 fully saturated rings. The zero-order valence-electron chi connectivity index (χ0n) is 7.61. The summed E-state index contributed by atoms with van der Waals surface area (Å²) in [7, 11) is 1.76. The minimum atomic E-state index is -0.366. The maximum absolute atomic E-state index is 12.6. The summed E-state index contributed by atoms with van der Waals surface area (Å²) in [5.41, 5.74) is 7.54. The van der Waals surface area contributed by atoms with Crippen molar-refractivity contribution in [1.29, 1.82) is 0 Å². The molecule has 0 bridgehead atoms. The Morgan fingerprint density at radius 3 is 2.64 bits per heavy atom. The van der Waals surface area contributed by atoms with E-state index in [1.807, 2.05) is 0 Å². The van der Waals surface area contributed by atoms with Gasteiger partial charge in [-0.2, -0.15) is 5.10 Å². The fourth-order valence-electron chi connectivity index (χ4n) is 1.28. The van der Waals surface area contributed by atoms with Gasteiger partial charge in [-0.15, -0.1) is 0 Å². The van der Waals surface area contributed by atoms with Crippen LogP contribution < -0.4 is 5.73 Å². The first kappa shape index (κ1) is 8.68. The summed E-state index contributed by atoms with van der Waals surface area (Å²) in [6.07, 6.45) is 2.70. The number of nitrogen functional groups attached to an aromatic ring is 1. The summed E-state index contributed by atoms with van der Waals surface area (Å²) >= 11 is 0. The quantitative estimate of drug-likeness (QED) is 0.738. The second-order valence-electron chi connectivity index (χ2n) is 2.93. The molecule has 2 aromatic rings. The van der Waals surface area contributed by atoms with Crippen LogP contribution in [0.3, 0.4) is 0 Å². The smallest absolute Gasteiger partial charge is 0.141 e. The highest BCUT2D eigenvalue weighted by atomic mass is 19.1. The zero-order valence-corrected chi connectivity index (χ0v) is 7.61. The second kappa shape index (κ2) is 3.10. The van der Waals surface area contributed by atoms with E-state index >= 15 is 0 Å². The van der Waals surface area contributed by atoms with E-state index in [-0.39, 0.29) is 5.82 Å². The van der Waals surface area contributed by atoms with Gasteiger partial charge in [0.15, 0.2) is 0 Å². The first-order valence-corrected chi connectivity index (χ1v) is 4.08. The first-order chi connectivity index (χ1) is 6.68. The van der Waals surface area contributed by atoms with Gasteiger partial charge in [0.05, 0.1) is 23.8 Å². The number of halogens is 1. The van der Waals surface area contributed by atoms with Crippen molar-refractivity contribution in [2.24, 2.45) is 7.05 Å². The molecular formula is C9H9FN4. The van der Waals surface area contributed by atoms with Crippen LogP contribution in [0.25, 0.3) is 11.4 Å². The molecule has 72 valence electrons. The van der Waals surface area contributed by atoms with Gasteiger partial charge in [-0.3, -0.25) is 9.67 Å². The van der Waals surface area contributed by atoms with Gasteiger partial charge in [0.2, 0.25) is 0 Å². The molecule has 2 heterocycles. The molecular weight excluding hydrogens is 183 g/mol. The topological polar surface area (TPSA) is 56.7 Å². The molecule has 0 amide bonds. The molecule has 14 heavy (non-hydrogen) atoms. The van der Waals surface area contributed by atoms with Crippen molar-refractivity contribution in [2.75, 3.05) is 5.73 Å². The van der Waals surface area contributed by atoms with Crippen LogP contribution in [0.1, 0.15) is 0 Å². The molecule has 0 atom stereocenters. The molecule has 2 aromatic heterocycles. The number of aromatic nitrogens is 3. The average molecular weight is 192 g/mol. The van der Waals surface area contributed by atoms with Crippen LogP contribution in [-0.2, 0) is 7.05 Å². The lowest BCUT2D eigenvalue weighted by molar-refractivity contribution is 0.621. The van der Waals surface area contributed by atoms with Crippen LogP contribution in [0, 0.1) is 5.82 Å². The van der Waals surface area contributed by atoms with Gasteiger partial charge in [-0.05, 0) is 12.1 Å². The molecule has 0 aliphatic rings. The van der Waals surface area contributed by atoms with Crippen molar-refractivity contribution < 1.29 is 4.39 Å². The lowest BCUT2D eigenvalue weighted by Gasteiger charge is -2.01. The molecule has 0 aromatic carbocycles. The van der Waals surface area contributed by atoms with Crippen LogP contribution in [0.4, 0.5) is 10.1 Å². The van der Waals surface area contributed by atoms with Crippen molar-refractivity contribution >= 4 is 5.69 Å². The molecule has 0 radical (unpaired) electrons. The molecule has 2 N–H and O–H groups in total. The summed E-state index contributed by atoms with van der Waals surface area (Å²) in [4.78, 5) is 3.93. The van der Waals surface area contributed by atoms with Gasteiger partial charge in [0, 0.05) is 7.05 Å². The van der Waals surface area contributed by atoms with E-state index in [1.54, 1.807) is 24.0 Å². The van der Waals surface area contributed by atoms with E-state index in [9.17, 15) is 4.39 Å². The van der Waals surface area contributed by atoms with Crippen molar-refractivity contribution in [3.63, 3.8) is 0 Å². The minimum absolute atomic E-state index is 0.366. The molecule has 0 aliphatic heterocycles. The number of rotatable bonds is 1. The first-order valence-electron chi connectivity index (χ1n) is 4.08. The highest BCUT2D eigenvalue weighted by Gasteiger charge is 2.08. The van der Waals surface area contributed by atoms with E-state index in [2.05, 4.69) is 10.1 Å². The molecule has 0 saturated carbocycles. The Labute approximate surface area is 80.2 Å². The van der Waals surface area contributed by atoms with Crippen molar-refractivity contribution in [2.45, 2.75) is 0 Å². The normalized spacial score (nSPS) is 10.4. The molecule has 2 rings (SSSR count). The molecule has 4 nitrogen and oxygen atoms in total. The summed E-state index contributed by atoms with van der Waals surface area (Å²) < 4.78 is 14.2. The zero-order chi connectivity index (χ0) is 10.1. The number of hydrogen-bond acceptors (Lipinski definition) is 3. The Balaban J connectivity index is 2.54. The fraction of sp³-hybridized carbons (Fsp3) is 0.111. The Hall–Kier alpha value is -1.91. The number of nitrogens with two attached hydrogens (primary N) is 1. The molecule has 0 unspecified atom stereocenters. The van der Waals surface area contributed by atoms with Crippen LogP contribution in [-0.4, -0.2) is 14.8 Å². The highest BCUT2D eigenvalue weighted by molar-refractivity contribution is 5.69. The number of anilines is 1. The molecule has 5 heteroatoms. The number of aryl methyl sites for hydroxylation is 1. The second-order valence-corrected chi connectivity index (χ2v) is 2.93. The summed E-state index contributed by atoms with van der Waals surface area (Å²) in [5.74, 6) is -0.366. The van der Waals surface area contributed by atoms with E-state index < -0.39 is 0 Å². The molecule has 0 spiro atoms. The van der Waals surface area contributed by atoms with Crippen molar-refractivity contribution in [3.8, 4) is 11.4 Å². The SMILES string of the molecule is Cn1ncc(N)c1-c1ccc(F)cn1. The molecule has 0 aliphatic carbocycles. The monoisotopic (exact) mass is 192 g/mol. The Bertz CT molecular complexity index is 427. The third kappa shape index (κ3) is 1.32. The lowest BCUT2D eigenvalue weighted by Crippen LogP contribution is -1.97. The van der Waals surface area contributed by atoms with Crippen molar-refractivity contribution in [1.82, 2.24) is 14.8 Å². The number of hydrogen-bond donors (Lipinski definition) is 1. The van der Waals surface area contributed by atoms with Crippen molar-refractivity contribution in [3.05, 3.63) is 30.3 Å². The van der Waals surface area contributed by atoms with E-state index in [4.69, 9.17) is 5.73 Å². The Kier molecular flexibility index (Phi) is 1.92. The molecule has 0 saturated heterocycles. The minimum Gasteiger partial charge on any atom is -0.396 e. The van der Waals surface area contributed by atoms with Gasteiger partial charge in [-0.25, -0.2) is 4.39 Å². The van der Waals surface area contributed by atoms with Crippen LogP contribution in [0.2, 0.25) is 0 Å². The van der Waals surface area contributed by atoms with E-state index in [0.717, 1.165) is 6.20 Å². The standard InChI is InChI=1S/C9H9FN4/c1-14-9(7(11)5-13-14)8-3-2-6(10)4-12-8/h2-5H,11H2,1H3. The van der Waals surface area contributed by atoms with Gasteiger partial charge in [0.25, 0.3) is 0 Å². The number of pyridine rings is 1. The third-order valence-corrected chi connectivity index (χ3v) is 1.94. The summed E-state index contributed by atoms with van der Waals surface area (Å²) in [5, 5.41) is 3.97. The van der Waals surface area contributed by atoms with E-state index in [1.165, 1.54) is 6.07 Å². The summed E-state index contributed by atoms with van der Waals surface area (Å²) in [6, 6.07) is 2.91. The maximum atomic E-state index is 12.6. The highest BCUT2D eigenvalue weighted by Crippen LogP contribution is 2.22. The third-order valence-electron chi connectivity index (χ3n) is 1.94. The van der Waals surface area contributed by atoms with E-state index in [0.29, 0.717) is 17.1 Å². The Morgan fingerprint density at radius 2 is 2.14 bits per heavy atom. The van der Waals surface area contributed by atoms with Crippen LogP contribution >= 0.6 is 0 Å². The number of nitrogens with zero attached hydrogens (tertiary/aromatic N) is 3. The predicted octanol–water partition coefficient (Wildman–Crippen LogP) is 1.20.